The third-order valence-corrected chi connectivity index (χ3v) is 8.22. The highest BCUT2D eigenvalue weighted by Gasteiger charge is 2.30. The van der Waals surface area contributed by atoms with Crippen LogP contribution in [-0.4, -0.2) is 84.1 Å². The van der Waals surface area contributed by atoms with Crippen molar-refractivity contribution in [2.75, 3.05) is 62.2 Å². The first kappa shape index (κ1) is 28.3. The standard InChI is InChI=1S/C32H42N6O4/c1-32(2,3)42-31(40)38-13-6-7-22(19-38)21-41-30-34-27-20-37(28-18-24(39)17-23-8-4-5-9-25(23)28)14-10-26(27)29(35-30)36-15-11-33-12-16-36/h4-5,8-9,17-18,22,33,39H,6-7,10-16,19-21H2,1-3H3/t22-/m1/s1. The van der Waals surface area contributed by atoms with Crippen LogP contribution in [0.2, 0.25) is 0 Å². The van der Waals surface area contributed by atoms with Crippen LogP contribution in [0.1, 0.15) is 44.9 Å². The predicted molar refractivity (Wildman–Crippen MR) is 164 cm³/mol. The van der Waals surface area contributed by atoms with Gasteiger partial charge in [0.1, 0.15) is 17.2 Å². The summed E-state index contributed by atoms with van der Waals surface area (Å²) in [5.41, 5.74) is 2.63. The van der Waals surface area contributed by atoms with E-state index >= 15 is 0 Å². The zero-order valence-corrected chi connectivity index (χ0v) is 24.9. The number of rotatable bonds is 5. The minimum Gasteiger partial charge on any atom is -0.508 e. The molecular formula is C32H42N6O4. The number of amides is 1. The average molecular weight is 575 g/mol. The Hall–Kier alpha value is -3.79. The minimum absolute atomic E-state index is 0.184. The number of aromatic hydroxyl groups is 1. The van der Waals surface area contributed by atoms with Crippen LogP contribution in [-0.2, 0) is 17.7 Å². The van der Waals surface area contributed by atoms with Crippen molar-refractivity contribution in [3.63, 3.8) is 0 Å². The quantitative estimate of drug-likeness (QED) is 0.461. The second-order valence-corrected chi connectivity index (χ2v) is 12.6. The molecule has 0 bridgehead atoms. The zero-order chi connectivity index (χ0) is 29.3. The fourth-order valence-corrected chi connectivity index (χ4v) is 6.22. The highest BCUT2D eigenvalue weighted by atomic mass is 16.6. The molecule has 10 nitrogen and oxygen atoms in total. The summed E-state index contributed by atoms with van der Waals surface area (Å²) in [4.78, 5) is 29.0. The Kier molecular flexibility index (Phi) is 7.98. The molecule has 0 spiro atoms. The van der Waals surface area contributed by atoms with Crippen molar-refractivity contribution in [2.24, 2.45) is 5.92 Å². The van der Waals surface area contributed by atoms with Gasteiger partial charge in [-0.15, -0.1) is 0 Å². The van der Waals surface area contributed by atoms with E-state index < -0.39 is 5.60 Å². The van der Waals surface area contributed by atoms with Crippen LogP contribution in [0.4, 0.5) is 16.3 Å². The zero-order valence-electron chi connectivity index (χ0n) is 24.9. The first-order chi connectivity index (χ1) is 20.2. The molecule has 6 rings (SSSR count). The van der Waals surface area contributed by atoms with Crippen LogP contribution in [0, 0.1) is 5.92 Å². The van der Waals surface area contributed by atoms with Crippen LogP contribution >= 0.6 is 0 Å². The number of piperazine rings is 1. The van der Waals surface area contributed by atoms with E-state index in [-0.39, 0.29) is 17.8 Å². The summed E-state index contributed by atoms with van der Waals surface area (Å²) >= 11 is 0. The number of phenolic OH excluding ortho intramolecular Hbond substituents is 1. The maximum Gasteiger partial charge on any atom is 0.410 e. The smallest absolute Gasteiger partial charge is 0.410 e. The second-order valence-electron chi connectivity index (χ2n) is 12.6. The number of likely N-dealkylation sites (tertiary alicyclic amines) is 1. The van der Waals surface area contributed by atoms with E-state index in [2.05, 4.69) is 21.2 Å². The van der Waals surface area contributed by atoms with Crippen LogP contribution in [0.3, 0.4) is 0 Å². The highest BCUT2D eigenvalue weighted by Crippen LogP contribution is 2.36. The maximum atomic E-state index is 12.7. The van der Waals surface area contributed by atoms with E-state index in [4.69, 9.17) is 19.4 Å². The number of anilines is 2. The van der Waals surface area contributed by atoms with Gasteiger partial charge in [0.2, 0.25) is 0 Å². The molecule has 0 unspecified atom stereocenters. The summed E-state index contributed by atoms with van der Waals surface area (Å²) in [7, 11) is 0. The van der Waals surface area contributed by atoms with E-state index in [0.717, 1.165) is 80.0 Å². The number of carbonyl (C=O) groups excluding carboxylic acids is 1. The Morgan fingerprint density at radius 1 is 1.07 bits per heavy atom. The van der Waals surface area contributed by atoms with Gasteiger partial charge in [0, 0.05) is 74.4 Å². The average Bonchev–Trinajstić information content (AvgIpc) is 2.98. The second kappa shape index (κ2) is 11.8. The molecule has 1 atom stereocenters. The van der Waals surface area contributed by atoms with Gasteiger partial charge >= 0.3 is 12.1 Å². The van der Waals surface area contributed by atoms with E-state index in [0.29, 0.717) is 32.3 Å². The maximum absolute atomic E-state index is 12.7. The lowest BCUT2D eigenvalue weighted by atomic mass is 9.99. The molecule has 10 heteroatoms. The van der Waals surface area contributed by atoms with Crippen LogP contribution in [0.15, 0.2) is 36.4 Å². The number of hydrogen-bond donors (Lipinski definition) is 2. The molecule has 1 aromatic heterocycles. The van der Waals surface area contributed by atoms with Gasteiger partial charge in [-0.1, -0.05) is 24.3 Å². The molecular weight excluding hydrogens is 532 g/mol. The molecule has 4 heterocycles. The normalized spacial score (nSPS) is 19.5. The van der Waals surface area contributed by atoms with Gasteiger partial charge in [0.25, 0.3) is 0 Å². The Morgan fingerprint density at radius 2 is 1.88 bits per heavy atom. The molecule has 2 aromatic carbocycles. The molecule has 2 saturated heterocycles. The summed E-state index contributed by atoms with van der Waals surface area (Å²) in [6, 6.07) is 12.2. The van der Waals surface area contributed by atoms with Gasteiger partial charge < -0.3 is 34.6 Å². The number of benzene rings is 2. The summed E-state index contributed by atoms with van der Waals surface area (Å²) in [5, 5.41) is 16.0. The summed E-state index contributed by atoms with van der Waals surface area (Å²) in [5.74, 6) is 1.41. The monoisotopic (exact) mass is 574 g/mol. The SMILES string of the molecule is CC(C)(C)OC(=O)N1CCC[C@@H](COc2nc3c(c(N4CCNCC4)n2)CCN(c2cc(O)cc4ccccc24)C3)C1. The van der Waals surface area contributed by atoms with Crippen LogP contribution < -0.4 is 19.9 Å². The Morgan fingerprint density at radius 3 is 2.69 bits per heavy atom. The van der Waals surface area contributed by atoms with Crippen molar-refractivity contribution in [2.45, 2.75) is 52.2 Å². The van der Waals surface area contributed by atoms with Crippen LogP contribution in [0.25, 0.3) is 10.8 Å². The molecule has 2 N–H and O–H groups in total. The molecule has 0 radical (unpaired) electrons. The highest BCUT2D eigenvalue weighted by molar-refractivity contribution is 5.95. The van der Waals surface area contributed by atoms with Crippen molar-refractivity contribution in [1.82, 2.24) is 20.2 Å². The number of piperidine rings is 1. The van der Waals surface area contributed by atoms with Crippen molar-refractivity contribution in [3.8, 4) is 11.8 Å². The third-order valence-electron chi connectivity index (χ3n) is 8.22. The van der Waals surface area contributed by atoms with Gasteiger partial charge in [0.15, 0.2) is 0 Å². The van der Waals surface area contributed by atoms with Crippen molar-refractivity contribution < 1.29 is 19.4 Å². The fourth-order valence-electron chi connectivity index (χ4n) is 6.22. The molecule has 0 aliphatic carbocycles. The molecule has 224 valence electrons. The van der Waals surface area contributed by atoms with E-state index in [9.17, 15) is 9.90 Å². The van der Waals surface area contributed by atoms with Gasteiger partial charge in [-0.2, -0.15) is 9.97 Å². The molecule has 42 heavy (non-hydrogen) atoms. The Balaban J connectivity index is 1.23. The number of ether oxygens (including phenoxy) is 2. The van der Waals surface area contributed by atoms with Crippen LogP contribution in [0.5, 0.6) is 11.8 Å². The lowest BCUT2D eigenvalue weighted by Gasteiger charge is -2.36. The van der Waals surface area contributed by atoms with E-state index in [1.165, 1.54) is 5.56 Å². The first-order valence-corrected chi connectivity index (χ1v) is 15.2. The Labute approximate surface area is 247 Å². The van der Waals surface area contributed by atoms with Gasteiger partial charge in [-0.3, -0.25) is 0 Å². The van der Waals surface area contributed by atoms with Crippen molar-refractivity contribution in [1.29, 1.82) is 0 Å². The number of carbonyl (C=O) groups is 1. The summed E-state index contributed by atoms with van der Waals surface area (Å²) < 4.78 is 11.9. The third kappa shape index (κ3) is 6.33. The van der Waals surface area contributed by atoms with Gasteiger partial charge in [-0.25, -0.2) is 4.79 Å². The topological polar surface area (TPSA) is 103 Å². The molecule has 1 amide bonds. The predicted octanol–water partition coefficient (Wildman–Crippen LogP) is 4.33. The molecule has 3 aromatic rings. The lowest BCUT2D eigenvalue weighted by Crippen LogP contribution is -2.45. The summed E-state index contributed by atoms with van der Waals surface area (Å²) in [6.07, 6.45) is 2.44. The number of aromatic nitrogens is 2. The largest absolute Gasteiger partial charge is 0.508 e. The Bertz CT molecular complexity index is 1430. The number of fused-ring (bicyclic) bond motifs is 2. The van der Waals surface area contributed by atoms with Crippen molar-refractivity contribution in [3.05, 3.63) is 47.7 Å². The number of nitrogens with zero attached hydrogens (tertiary/aromatic N) is 5. The first-order valence-electron chi connectivity index (χ1n) is 15.2. The lowest BCUT2D eigenvalue weighted by molar-refractivity contribution is 0.0137. The fraction of sp³-hybridized carbons (Fsp3) is 0.531. The van der Waals surface area contributed by atoms with E-state index in [1.54, 1.807) is 4.90 Å². The molecule has 0 saturated carbocycles. The number of phenols is 1. The minimum atomic E-state index is -0.517. The van der Waals surface area contributed by atoms with Crippen molar-refractivity contribution >= 4 is 28.4 Å². The molecule has 2 fully saturated rings. The van der Waals surface area contributed by atoms with E-state index in [1.807, 2.05) is 51.1 Å². The summed E-state index contributed by atoms with van der Waals surface area (Å²) in [6.45, 7) is 12.4. The van der Waals surface area contributed by atoms with Gasteiger partial charge in [0.05, 0.1) is 18.8 Å². The molecule has 3 aliphatic heterocycles. The number of nitrogens with one attached hydrogen (secondary N) is 1. The molecule has 3 aliphatic rings. The number of hydrogen-bond acceptors (Lipinski definition) is 9. The van der Waals surface area contributed by atoms with Gasteiger partial charge in [-0.05, 0) is 51.5 Å².